The molecule has 4 aromatic heterocycles. The average molecular weight is 565 g/mol. The molecule has 0 saturated carbocycles. The van der Waals surface area contributed by atoms with Crippen LogP contribution in [0.4, 0.5) is 20.3 Å². The summed E-state index contributed by atoms with van der Waals surface area (Å²) >= 11 is 0. The number of ether oxygens (including phenoxy) is 3. The van der Waals surface area contributed by atoms with Crippen LogP contribution in [0.15, 0.2) is 48.8 Å². The quantitative estimate of drug-likeness (QED) is 0.268. The lowest BCUT2D eigenvalue weighted by Gasteiger charge is -2.27. The summed E-state index contributed by atoms with van der Waals surface area (Å²) in [5, 5.41) is 26.1. The fraction of sp³-hybridized carbons (Fsp3) is 0.296. The summed E-state index contributed by atoms with van der Waals surface area (Å²) in [5.74, 6) is 1.58. The topological polar surface area (TPSA) is 134 Å². The molecule has 0 spiro atoms. The highest BCUT2D eigenvalue weighted by Crippen LogP contribution is 2.35. The highest BCUT2D eigenvalue weighted by Gasteiger charge is 2.24. The zero-order chi connectivity index (χ0) is 28.7. The Labute approximate surface area is 232 Å². The number of rotatable bonds is 9. The molecular formula is C27H26F2N8O4. The van der Waals surface area contributed by atoms with E-state index in [0.717, 1.165) is 5.69 Å². The first-order valence-corrected chi connectivity index (χ1v) is 12.8. The van der Waals surface area contributed by atoms with Gasteiger partial charge in [0.2, 0.25) is 5.88 Å². The lowest BCUT2D eigenvalue weighted by molar-refractivity contribution is -0.0793. The number of halogens is 2. The minimum Gasteiger partial charge on any atom is -0.483 e. The Kier molecular flexibility index (Phi) is 6.93. The molecule has 41 heavy (non-hydrogen) atoms. The SMILES string of the molecule is Cc1ccc(Nc2cc3ncn(-c4ccc([C@@H](C)O)c(-n5nc(OC(F)F)cc5C)n4)c3cc2OC2COC2)nn1. The number of fused-ring (bicyclic) bond motifs is 1. The van der Waals surface area contributed by atoms with Gasteiger partial charge in [-0.3, -0.25) is 4.57 Å². The van der Waals surface area contributed by atoms with Crippen LogP contribution in [0.5, 0.6) is 11.6 Å². The number of anilines is 2. The smallest absolute Gasteiger partial charge is 0.388 e. The Bertz CT molecular complexity index is 1700. The molecule has 0 unspecified atom stereocenters. The monoisotopic (exact) mass is 564 g/mol. The molecule has 1 saturated heterocycles. The number of benzene rings is 1. The second-order valence-electron chi connectivity index (χ2n) is 9.59. The Morgan fingerprint density at radius 3 is 2.61 bits per heavy atom. The normalized spacial score (nSPS) is 14.3. The summed E-state index contributed by atoms with van der Waals surface area (Å²) < 4.78 is 44.7. The van der Waals surface area contributed by atoms with Gasteiger partial charge in [0.15, 0.2) is 11.6 Å². The maximum atomic E-state index is 12.8. The fourth-order valence-electron chi connectivity index (χ4n) is 4.37. The number of pyridine rings is 1. The van der Waals surface area contributed by atoms with E-state index in [9.17, 15) is 13.9 Å². The first kappa shape index (κ1) is 26.5. The standard InChI is InChI=1S/C27H26F2N8O4/c1-14-4-6-23(34-33-14)31-20-9-19-21(10-22(20)40-17-11-39-12-17)36(13-30-19)24-7-5-18(16(3)38)26(32-24)37-15(2)8-25(35-37)41-27(28)29/h4-10,13,16-17,27,38H,11-12H2,1-3H3,(H,31,34)/t16-/m1/s1. The number of aliphatic hydroxyl groups is 1. The second kappa shape index (κ2) is 10.7. The lowest BCUT2D eigenvalue weighted by Crippen LogP contribution is -2.38. The summed E-state index contributed by atoms with van der Waals surface area (Å²) in [4.78, 5) is 9.32. The molecule has 5 heterocycles. The Balaban J connectivity index is 1.43. The molecule has 1 aliphatic heterocycles. The molecule has 14 heteroatoms. The summed E-state index contributed by atoms with van der Waals surface area (Å²) in [5.41, 5.74) is 3.75. The van der Waals surface area contributed by atoms with Crippen molar-refractivity contribution in [2.75, 3.05) is 18.5 Å². The van der Waals surface area contributed by atoms with Crippen molar-refractivity contribution >= 4 is 22.5 Å². The summed E-state index contributed by atoms with van der Waals surface area (Å²) in [6.07, 6.45) is 0.611. The van der Waals surface area contributed by atoms with Gasteiger partial charge in [0, 0.05) is 23.4 Å². The third-order valence-corrected chi connectivity index (χ3v) is 6.47. The van der Waals surface area contributed by atoms with Crippen molar-refractivity contribution in [1.29, 1.82) is 0 Å². The molecule has 12 nitrogen and oxygen atoms in total. The van der Waals surface area contributed by atoms with Crippen molar-refractivity contribution in [3.8, 4) is 23.3 Å². The number of aromatic nitrogens is 7. The number of hydrogen-bond donors (Lipinski definition) is 2. The number of hydrogen-bond acceptors (Lipinski definition) is 10. The van der Waals surface area contributed by atoms with Crippen molar-refractivity contribution in [2.24, 2.45) is 0 Å². The van der Waals surface area contributed by atoms with Crippen LogP contribution in [0, 0.1) is 13.8 Å². The molecule has 0 aliphatic carbocycles. The van der Waals surface area contributed by atoms with Crippen LogP contribution in [0.25, 0.3) is 22.7 Å². The highest BCUT2D eigenvalue weighted by molar-refractivity contribution is 5.86. The fourth-order valence-corrected chi connectivity index (χ4v) is 4.37. The molecule has 1 aliphatic rings. The lowest BCUT2D eigenvalue weighted by atomic mass is 10.1. The maximum Gasteiger partial charge on any atom is 0.388 e. The third kappa shape index (κ3) is 5.38. The van der Waals surface area contributed by atoms with Gasteiger partial charge >= 0.3 is 6.61 Å². The van der Waals surface area contributed by atoms with Gasteiger partial charge in [-0.05, 0) is 51.1 Å². The molecule has 6 rings (SSSR count). The maximum absolute atomic E-state index is 12.8. The van der Waals surface area contributed by atoms with E-state index in [4.69, 9.17) is 14.5 Å². The van der Waals surface area contributed by atoms with E-state index in [-0.39, 0.29) is 17.8 Å². The molecule has 0 bridgehead atoms. The van der Waals surface area contributed by atoms with Crippen molar-refractivity contribution in [1.82, 2.24) is 34.5 Å². The molecule has 0 radical (unpaired) electrons. The predicted molar refractivity (Wildman–Crippen MR) is 143 cm³/mol. The van der Waals surface area contributed by atoms with Crippen LogP contribution in [0.2, 0.25) is 0 Å². The van der Waals surface area contributed by atoms with E-state index in [2.05, 4.69) is 30.3 Å². The van der Waals surface area contributed by atoms with Crippen molar-refractivity contribution < 1.29 is 28.1 Å². The molecule has 212 valence electrons. The van der Waals surface area contributed by atoms with Gasteiger partial charge in [0.05, 0.1) is 41.7 Å². The first-order chi connectivity index (χ1) is 19.7. The van der Waals surface area contributed by atoms with Crippen LogP contribution in [-0.4, -0.2) is 65.5 Å². The van der Waals surface area contributed by atoms with E-state index in [0.29, 0.717) is 58.6 Å². The Morgan fingerprint density at radius 1 is 1.10 bits per heavy atom. The largest absolute Gasteiger partial charge is 0.483 e. The minimum absolute atomic E-state index is 0.101. The number of nitrogens with zero attached hydrogens (tertiary/aromatic N) is 7. The van der Waals surface area contributed by atoms with E-state index in [1.54, 1.807) is 36.9 Å². The Hall–Kier alpha value is -4.69. The van der Waals surface area contributed by atoms with Crippen LogP contribution in [0.3, 0.4) is 0 Å². The van der Waals surface area contributed by atoms with Crippen LogP contribution in [0.1, 0.15) is 30.0 Å². The van der Waals surface area contributed by atoms with Gasteiger partial charge in [0.1, 0.15) is 24.0 Å². The summed E-state index contributed by atoms with van der Waals surface area (Å²) in [6, 6.07) is 12.2. The molecule has 0 amide bonds. The van der Waals surface area contributed by atoms with Gasteiger partial charge in [-0.25, -0.2) is 14.6 Å². The van der Waals surface area contributed by atoms with Crippen LogP contribution in [-0.2, 0) is 4.74 Å². The van der Waals surface area contributed by atoms with Crippen LogP contribution >= 0.6 is 0 Å². The van der Waals surface area contributed by atoms with E-state index in [1.165, 1.54) is 10.7 Å². The van der Waals surface area contributed by atoms with Crippen molar-refractivity contribution in [3.63, 3.8) is 0 Å². The Morgan fingerprint density at radius 2 is 1.93 bits per heavy atom. The number of aliphatic hydroxyl groups excluding tert-OH is 1. The summed E-state index contributed by atoms with van der Waals surface area (Å²) in [7, 11) is 0. The molecule has 1 fully saturated rings. The number of imidazole rings is 1. The number of aryl methyl sites for hydroxylation is 2. The highest BCUT2D eigenvalue weighted by atomic mass is 19.3. The van der Waals surface area contributed by atoms with Gasteiger partial charge < -0.3 is 24.6 Å². The zero-order valence-corrected chi connectivity index (χ0v) is 22.3. The summed E-state index contributed by atoms with van der Waals surface area (Å²) in [6.45, 7) is 3.06. The van der Waals surface area contributed by atoms with Gasteiger partial charge in [-0.15, -0.1) is 10.2 Å². The van der Waals surface area contributed by atoms with E-state index < -0.39 is 12.7 Å². The predicted octanol–water partition coefficient (Wildman–Crippen LogP) is 4.19. The first-order valence-electron chi connectivity index (χ1n) is 12.8. The molecule has 2 N–H and O–H groups in total. The minimum atomic E-state index is -3.02. The molecule has 1 atom stereocenters. The average Bonchev–Trinajstić information content (AvgIpc) is 3.49. The zero-order valence-electron chi connectivity index (χ0n) is 22.3. The van der Waals surface area contributed by atoms with Gasteiger partial charge in [-0.1, -0.05) is 0 Å². The third-order valence-electron chi connectivity index (χ3n) is 6.47. The number of nitrogens with one attached hydrogen (secondary N) is 1. The van der Waals surface area contributed by atoms with E-state index >= 15 is 0 Å². The number of alkyl halides is 2. The molecular weight excluding hydrogens is 538 g/mol. The molecule has 1 aromatic carbocycles. The van der Waals surface area contributed by atoms with Gasteiger partial charge in [0.25, 0.3) is 0 Å². The molecule has 5 aromatic rings. The van der Waals surface area contributed by atoms with Crippen molar-refractivity contribution in [3.05, 3.63) is 65.7 Å². The van der Waals surface area contributed by atoms with Crippen LogP contribution < -0.4 is 14.8 Å². The van der Waals surface area contributed by atoms with Gasteiger partial charge in [-0.2, -0.15) is 13.9 Å². The second-order valence-corrected chi connectivity index (χ2v) is 9.59. The van der Waals surface area contributed by atoms with Crippen molar-refractivity contribution in [2.45, 2.75) is 39.6 Å². The van der Waals surface area contributed by atoms with E-state index in [1.807, 2.05) is 31.2 Å².